The van der Waals surface area contributed by atoms with Gasteiger partial charge in [0, 0.05) is 18.6 Å². The van der Waals surface area contributed by atoms with Crippen molar-refractivity contribution in [3.63, 3.8) is 0 Å². The Labute approximate surface area is 130 Å². The van der Waals surface area contributed by atoms with Crippen LogP contribution in [-0.2, 0) is 9.53 Å². The summed E-state index contributed by atoms with van der Waals surface area (Å²) >= 11 is 0. The maximum Gasteiger partial charge on any atom is 0.325 e. The van der Waals surface area contributed by atoms with Crippen LogP contribution in [0.15, 0.2) is 0 Å². The number of hydrogen-bond donors (Lipinski definition) is 1. The number of rotatable bonds is 8. The van der Waals surface area contributed by atoms with Gasteiger partial charge in [-0.25, -0.2) is 0 Å². The molecule has 124 valence electrons. The van der Waals surface area contributed by atoms with Gasteiger partial charge in [0.1, 0.15) is 5.54 Å². The van der Waals surface area contributed by atoms with Crippen LogP contribution in [0.2, 0.25) is 0 Å². The van der Waals surface area contributed by atoms with Gasteiger partial charge in [0.2, 0.25) is 0 Å². The first-order chi connectivity index (χ1) is 9.78. The van der Waals surface area contributed by atoms with Gasteiger partial charge in [-0.3, -0.25) is 10.1 Å². The Balaban J connectivity index is 2.61. The van der Waals surface area contributed by atoms with E-state index in [0.717, 1.165) is 18.9 Å². The average Bonchev–Trinajstić information content (AvgIpc) is 2.89. The van der Waals surface area contributed by atoms with E-state index in [-0.39, 0.29) is 12.0 Å². The Morgan fingerprint density at radius 1 is 1.33 bits per heavy atom. The molecule has 0 aromatic carbocycles. The number of carbonyl (C=O) groups excluding carboxylic acids is 1. The average molecular weight is 298 g/mol. The number of carbonyl (C=O) groups is 1. The lowest BCUT2D eigenvalue weighted by Gasteiger charge is -2.36. The number of nitrogens with zero attached hydrogens (tertiary/aromatic N) is 1. The van der Waals surface area contributed by atoms with Gasteiger partial charge in [-0.2, -0.15) is 0 Å². The van der Waals surface area contributed by atoms with Crippen molar-refractivity contribution in [3.8, 4) is 0 Å². The molecule has 0 radical (unpaired) electrons. The highest BCUT2D eigenvalue weighted by Crippen LogP contribution is 2.27. The van der Waals surface area contributed by atoms with E-state index in [2.05, 4.69) is 38.0 Å². The summed E-state index contributed by atoms with van der Waals surface area (Å²) in [6.45, 7) is 9.43. The molecule has 21 heavy (non-hydrogen) atoms. The van der Waals surface area contributed by atoms with Crippen molar-refractivity contribution in [2.45, 2.75) is 77.4 Å². The molecule has 1 aliphatic rings. The summed E-state index contributed by atoms with van der Waals surface area (Å²) in [6, 6.07) is 0.599. The standard InChI is InChI=1S/C17H34N2O2/c1-13(2)18-17(4,16(20)21-6)11-14(3)19(5)12-15-9-7-8-10-15/h13-15,18H,7-12H2,1-6H3. The fourth-order valence-electron chi connectivity index (χ4n) is 3.59. The van der Waals surface area contributed by atoms with E-state index >= 15 is 0 Å². The Bertz CT molecular complexity index is 327. The second kappa shape index (κ2) is 8.14. The fraction of sp³-hybridized carbons (Fsp3) is 0.941. The number of nitrogens with one attached hydrogen (secondary N) is 1. The van der Waals surface area contributed by atoms with Crippen LogP contribution in [0.3, 0.4) is 0 Å². The lowest BCUT2D eigenvalue weighted by atomic mass is 9.91. The van der Waals surface area contributed by atoms with Crippen LogP contribution in [0.4, 0.5) is 0 Å². The van der Waals surface area contributed by atoms with Crippen molar-refractivity contribution in [2.24, 2.45) is 5.92 Å². The van der Waals surface area contributed by atoms with Gasteiger partial charge in [-0.1, -0.05) is 12.8 Å². The highest BCUT2D eigenvalue weighted by Gasteiger charge is 2.37. The van der Waals surface area contributed by atoms with Crippen LogP contribution in [0, 0.1) is 5.92 Å². The molecule has 1 N–H and O–H groups in total. The van der Waals surface area contributed by atoms with Gasteiger partial charge in [-0.05, 0) is 59.9 Å². The van der Waals surface area contributed by atoms with Gasteiger partial charge in [0.05, 0.1) is 7.11 Å². The summed E-state index contributed by atoms with van der Waals surface area (Å²) < 4.78 is 5.01. The first-order valence-electron chi connectivity index (χ1n) is 8.35. The minimum absolute atomic E-state index is 0.169. The Morgan fingerprint density at radius 2 is 1.90 bits per heavy atom. The molecule has 0 bridgehead atoms. The SMILES string of the molecule is COC(=O)C(C)(CC(C)N(C)CC1CCCC1)NC(C)C. The maximum absolute atomic E-state index is 12.2. The lowest BCUT2D eigenvalue weighted by Crippen LogP contribution is -2.56. The molecule has 4 heteroatoms. The van der Waals surface area contributed by atoms with Gasteiger partial charge < -0.3 is 9.64 Å². The van der Waals surface area contributed by atoms with Gasteiger partial charge in [0.25, 0.3) is 0 Å². The largest absolute Gasteiger partial charge is 0.468 e. The molecule has 0 aromatic rings. The van der Waals surface area contributed by atoms with Crippen LogP contribution in [-0.4, -0.2) is 49.2 Å². The molecule has 0 spiro atoms. The van der Waals surface area contributed by atoms with E-state index in [1.54, 1.807) is 0 Å². The molecule has 2 unspecified atom stereocenters. The molecule has 4 nitrogen and oxygen atoms in total. The summed E-state index contributed by atoms with van der Waals surface area (Å²) in [5.74, 6) is 0.664. The molecule has 0 heterocycles. The summed E-state index contributed by atoms with van der Waals surface area (Å²) in [4.78, 5) is 14.6. The van der Waals surface area contributed by atoms with E-state index in [1.807, 2.05) is 6.92 Å². The fourth-order valence-corrected chi connectivity index (χ4v) is 3.59. The van der Waals surface area contributed by atoms with Crippen molar-refractivity contribution < 1.29 is 9.53 Å². The van der Waals surface area contributed by atoms with Crippen molar-refractivity contribution in [3.05, 3.63) is 0 Å². The number of esters is 1. The minimum atomic E-state index is -0.619. The summed E-state index contributed by atoms with van der Waals surface area (Å²) in [7, 11) is 3.64. The van der Waals surface area contributed by atoms with Crippen molar-refractivity contribution in [2.75, 3.05) is 20.7 Å². The normalized spacial score (nSPS) is 20.8. The second-order valence-electron chi connectivity index (χ2n) is 7.27. The predicted octanol–water partition coefficient (Wildman–Crippen LogP) is 2.82. The summed E-state index contributed by atoms with van der Waals surface area (Å²) in [5, 5.41) is 3.39. The van der Waals surface area contributed by atoms with Crippen LogP contribution in [0.5, 0.6) is 0 Å². The molecule has 1 rings (SSSR count). The molecule has 1 aliphatic carbocycles. The van der Waals surface area contributed by atoms with Gasteiger partial charge in [0.15, 0.2) is 0 Å². The number of hydrogen-bond acceptors (Lipinski definition) is 4. The zero-order chi connectivity index (χ0) is 16.0. The van der Waals surface area contributed by atoms with E-state index in [4.69, 9.17) is 4.74 Å². The van der Waals surface area contributed by atoms with Gasteiger partial charge >= 0.3 is 5.97 Å². The smallest absolute Gasteiger partial charge is 0.325 e. The highest BCUT2D eigenvalue weighted by molar-refractivity contribution is 5.80. The first kappa shape index (κ1) is 18.4. The van der Waals surface area contributed by atoms with Crippen molar-refractivity contribution in [1.29, 1.82) is 0 Å². The van der Waals surface area contributed by atoms with Crippen LogP contribution < -0.4 is 5.32 Å². The van der Waals surface area contributed by atoms with Crippen LogP contribution in [0.1, 0.15) is 59.8 Å². The van der Waals surface area contributed by atoms with E-state index in [9.17, 15) is 4.79 Å². The first-order valence-corrected chi connectivity index (χ1v) is 8.35. The van der Waals surface area contributed by atoms with E-state index < -0.39 is 5.54 Å². The molecule has 0 aromatic heterocycles. The molecule has 0 amide bonds. The van der Waals surface area contributed by atoms with Crippen LogP contribution >= 0.6 is 0 Å². The molecule has 0 saturated heterocycles. The Hall–Kier alpha value is -0.610. The Kier molecular flexibility index (Phi) is 7.14. The molecular formula is C17H34N2O2. The Morgan fingerprint density at radius 3 is 2.38 bits per heavy atom. The quantitative estimate of drug-likeness (QED) is 0.700. The summed E-state index contributed by atoms with van der Waals surface area (Å²) in [5.41, 5.74) is -0.619. The van der Waals surface area contributed by atoms with Crippen LogP contribution in [0.25, 0.3) is 0 Å². The second-order valence-corrected chi connectivity index (χ2v) is 7.27. The number of methoxy groups -OCH3 is 1. The highest BCUT2D eigenvalue weighted by atomic mass is 16.5. The molecule has 1 fully saturated rings. The molecule has 1 saturated carbocycles. The molecular weight excluding hydrogens is 264 g/mol. The molecule has 0 aliphatic heterocycles. The van der Waals surface area contributed by atoms with Crippen molar-refractivity contribution >= 4 is 5.97 Å². The van der Waals surface area contributed by atoms with E-state index in [0.29, 0.717) is 6.04 Å². The van der Waals surface area contributed by atoms with E-state index in [1.165, 1.54) is 32.8 Å². The van der Waals surface area contributed by atoms with Crippen molar-refractivity contribution in [1.82, 2.24) is 10.2 Å². The lowest BCUT2D eigenvalue weighted by molar-refractivity contribution is -0.149. The zero-order valence-electron chi connectivity index (χ0n) is 14.7. The summed E-state index contributed by atoms with van der Waals surface area (Å²) in [6.07, 6.45) is 6.23. The van der Waals surface area contributed by atoms with Gasteiger partial charge in [-0.15, -0.1) is 0 Å². The third-order valence-electron chi connectivity index (χ3n) is 4.72. The minimum Gasteiger partial charge on any atom is -0.468 e. The number of ether oxygens (including phenoxy) is 1. The third-order valence-corrected chi connectivity index (χ3v) is 4.72. The molecule has 2 atom stereocenters. The topological polar surface area (TPSA) is 41.6 Å². The predicted molar refractivity (Wildman–Crippen MR) is 87.4 cm³/mol. The zero-order valence-corrected chi connectivity index (χ0v) is 14.7. The third kappa shape index (κ3) is 5.59. The monoisotopic (exact) mass is 298 g/mol. The maximum atomic E-state index is 12.2.